The Balaban J connectivity index is 0.000000180. The van der Waals surface area contributed by atoms with Crippen molar-refractivity contribution in [1.82, 2.24) is 4.90 Å². The highest BCUT2D eigenvalue weighted by atomic mass is 31.1. The number of nitrogens with zero attached hydrogens (tertiary/aromatic N) is 2. The van der Waals surface area contributed by atoms with Gasteiger partial charge in [0.2, 0.25) is 0 Å². The third-order valence-corrected chi connectivity index (χ3v) is 17.8. The number of benzene rings is 7. The first-order valence-corrected chi connectivity index (χ1v) is 25.2. The van der Waals surface area contributed by atoms with Crippen molar-refractivity contribution in [2.75, 3.05) is 45.3 Å². The van der Waals surface area contributed by atoms with E-state index in [9.17, 15) is 0 Å². The zero-order valence-electron chi connectivity index (χ0n) is 37.9. The van der Waals surface area contributed by atoms with Gasteiger partial charge in [-0.3, -0.25) is 4.90 Å². The van der Waals surface area contributed by atoms with Crippen molar-refractivity contribution in [1.29, 1.82) is 0 Å². The monoisotopic (exact) mass is 892 g/mol. The average molecular weight is 893 g/mol. The number of likely N-dealkylation sites (N-methyl/N-ethyl adjacent to an activating group) is 2. The predicted molar refractivity (Wildman–Crippen MR) is 283 cm³/mol. The molecule has 10 rings (SSSR count). The van der Waals surface area contributed by atoms with Gasteiger partial charge in [0.05, 0.1) is 24.9 Å². The van der Waals surface area contributed by atoms with E-state index >= 15 is 0 Å². The largest absolute Gasteiger partial charge is 0.489 e. The van der Waals surface area contributed by atoms with Crippen molar-refractivity contribution in [2.45, 2.75) is 47.3 Å². The molecular formula is C59H62N2O2P2. The minimum Gasteiger partial charge on any atom is -0.489 e. The maximum atomic E-state index is 6.54. The maximum Gasteiger partial charge on any atom is 0.150 e. The molecule has 1 fully saturated rings. The molecule has 6 heteroatoms. The minimum absolute atomic E-state index is 0. The van der Waals surface area contributed by atoms with E-state index in [2.05, 4.69) is 234 Å². The lowest BCUT2D eigenvalue weighted by Crippen LogP contribution is -2.50. The molecule has 1 saturated heterocycles. The fourth-order valence-corrected chi connectivity index (χ4v) is 14.6. The van der Waals surface area contributed by atoms with Gasteiger partial charge in [-0.1, -0.05) is 183 Å². The standard InChI is InChI=1S/C31H33N2O2P.C27H25P.CH4/c1-22-14-15-25-30(34-20-18-32(25)2)28(22)29-27(17-16-26-31(29)35-21-19-33(26)3)36(23-10-6-4-7-11-23)24-12-8-5-9-13-24;1-20-12-10-13-21(2)26(20)27-22(3)14-11-19-25(27)28(23-15-6-4-7-16-23)24-17-8-5-9-18-24;/h4-17,25,30H,18-21H2,1-3H3;4-19H,1-3H3;1H4. The van der Waals surface area contributed by atoms with Gasteiger partial charge in [-0.15, -0.1) is 0 Å². The van der Waals surface area contributed by atoms with Crippen molar-refractivity contribution >= 4 is 58.9 Å². The third-order valence-electron chi connectivity index (χ3n) is 12.8. The Labute approximate surface area is 390 Å². The Hall–Kier alpha value is -5.60. The van der Waals surface area contributed by atoms with Crippen LogP contribution in [0.5, 0.6) is 5.75 Å². The highest BCUT2D eigenvalue weighted by molar-refractivity contribution is 7.80. The summed E-state index contributed by atoms with van der Waals surface area (Å²) in [6.45, 7) is 12.2. The molecule has 4 nitrogen and oxygen atoms in total. The molecule has 0 amide bonds. The van der Waals surface area contributed by atoms with Crippen LogP contribution in [0.2, 0.25) is 0 Å². The summed E-state index contributed by atoms with van der Waals surface area (Å²) in [6.07, 6.45) is 4.57. The number of allylic oxidation sites excluding steroid dienone is 2. The lowest BCUT2D eigenvalue weighted by molar-refractivity contribution is -0.0155. The van der Waals surface area contributed by atoms with Crippen molar-refractivity contribution in [3.63, 3.8) is 0 Å². The molecule has 7 aromatic rings. The molecule has 2 heterocycles. The second-order valence-electron chi connectivity index (χ2n) is 17.0. The van der Waals surface area contributed by atoms with Crippen LogP contribution in [0, 0.1) is 20.8 Å². The Bertz CT molecular complexity index is 2670. The van der Waals surface area contributed by atoms with Crippen molar-refractivity contribution in [2.24, 2.45) is 0 Å². The van der Waals surface area contributed by atoms with Gasteiger partial charge in [0.25, 0.3) is 0 Å². The van der Waals surface area contributed by atoms with E-state index in [0.29, 0.717) is 6.61 Å². The Kier molecular flexibility index (Phi) is 14.6. The molecule has 0 N–H and O–H groups in total. The summed E-state index contributed by atoms with van der Waals surface area (Å²) in [5.74, 6) is 1.00. The summed E-state index contributed by atoms with van der Waals surface area (Å²) in [7, 11) is 2.93. The Morgan fingerprint density at radius 1 is 0.492 bits per heavy atom. The van der Waals surface area contributed by atoms with E-state index in [0.717, 1.165) is 31.1 Å². The molecule has 2 aliphatic heterocycles. The molecule has 330 valence electrons. The zero-order chi connectivity index (χ0) is 44.2. The first kappa shape index (κ1) is 45.9. The van der Waals surface area contributed by atoms with Crippen molar-refractivity contribution < 1.29 is 9.47 Å². The summed E-state index contributed by atoms with van der Waals surface area (Å²) in [4.78, 5) is 4.73. The lowest BCUT2D eigenvalue weighted by Gasteiger charge is -2.42. The van der Waals surface area contributed by atoms with Gasteiger partial charge < -0.3 is 14.4 Å². The van der Waals surface area contributed by atoms with E-state index in [1.165, 1.54) is 76.4 Å². The van der Waals surface area contributed by atoms with Gasteiger partial charge in [-0.25, -0.2) is 0 Å². The summed E-state index contributed by atoms with van der Waals surface area (Å²) in [5, 5.41) is 8.23. The number of anilines is 1. The molecule has 2 atom stereocenters. The van der Waals surface area contributed by atoms with Gasteiger partial charge in [0.15, 0.2) is 5.75 Å². The number of hydrogen-bond acceptors (Lipinski definition) is 4. The summed E-state index contributed by atoms with van der Waals surface area (Å²) in [6, 6.07) is 62.0. The summed E-state index contributed by atoms with van der Waals surface area (Å²) >= 11 is 0. The molecule has 0 bridgehead atoms. The lowest BCUT2D eigenvalue weighted by atomic mass is 9.85. The normalized spacial score (nSPS) is 16.8. The minimum atomic E-state index is -0.802. The fraction of sp³-hybridized carbons (Fsp3) is 0.220. The highest BCUT2D eigenvalue weighted by Gasteiger charge is 2.39. The van der Waals surface area contributed by atoms with E-state index < -0.39 is 15.8 Å². The van der Waals surface area contributed by atoms with Crippen LogP contribution in [-0.2, 0) is 4.74 Å². The Morgan fingerprint density at radius 2 is 0.969 bits per heavy atom. The second-order valence-corrected chi connectivity index (χ2v) is 21.4. The molecule has 0 aromatic heterocycles. The van der Waals surface area contributed by atoms with Crippen molar-refractivity contribution in [3.05, 3.63) is 210 Å². The van der Waals surface area contributed by atoms with Crippen LogP contribution in [0.1, 0.15) is 36.6 Å². The van der Waals surface area contributed by atoms with E-state index in [-0.39, 0.29) is 19.6 Å². The molecule has 2 unspecified atom stereocenters. The summed E-state index contributed by atoms with van der Waals surface area (Å²) in [5.41, 5.74) is 11.7. The van der Waals surface area contributed by atoms with Gasteiger partial charge >= 0.3 is 0 Å². The highest BCUT2D eigenvalue weighted by Crippen LogP contribution is 2.48. The van der Waals surface area contributed by atoms with Gasteiger partial charge in [0, 0.05) is 19.2 Å². The number of morpholine rings is 1. The first-order valence-electron chi connectivity index (χ1n) is 22.5. The molecule has 65 heavy (non-hydrogen) atoms. The molecule has 3 aliphatic rings. The first-order chi connectivity index (χ1) is 31.3. The molecule has 1 aliphatic carbocycles. The fourth-order valence-electron chi connectivity index (χ4n) is 9.60. The van der Waals surface area contributed by atoms with Crippen LogP contribution in [0.15, 0.2) is 188 Å². The summed E-state index contributed by atoms with van der Waals surface area (Å²) < 4.78 is 13.1. The molecular weight excluding hydrogens is 831 g/mol. The van der Waals surface area contributed by atoms with Crippen LogP contribution in [0.25, 0.3) is 16.7 Å². The maximum absolute atomic E-state index is 6.54. The van der Waals surface area contributed by atoms with E-state index in [1.807, 2.05) is 0 Å². The SMILES string of the molecule is C.CC1=C(c2c(P(c3ccccc3)c3ccccc3)ccc3c2OCCN3C)C2OCCN(C)C2C=C1.Cc1cccc(C)c1-c1c(C)cccc1P(c1ccccc1)c1ccccc1. The van der Waals surface area contributed by atoms with Gasteiger partial charge in [-0.05, 0) is 127 Å². The van der Waals surface area contributed by atoms with Crippen LogP contribution >= 0.6 is 15.8 Å². The molecule has 0 radical (unpaired) electrons. The average Bonchev–Trinajstić information content (AvgIpc) is 3.32. The van der Waals surface area contributed by atoms with Crippen LogP contribution in [-0.4, -0.2) is 57.4 Å². The van der Waals surface area contributed by atoms with Crippen molar-refractivity contribution in [3.8, 4) is 16.9 Å². The molecule has 7 aromatic carbocycles. The Morgan fingerprint density at radius 3 is 1.49 bits per heavy atom. The molecule has 0 spiro atoms. The van der Waals surface area contributed by atoms with Gasteiger partial charge in [-0.2, -0.15) is 0 Å². The number of aryl methyl sites for hydroxylation is 3. The number of ether oxygens (including phenoxy) is 2. The molecule has 0 saturated carbocycles. The van der Waals surface area contributed by atoms with E-state index in [1.54, 1.807) is 0 Å². The van der Waals surface area contributed by atoms with E-state index in [4.69, 9.17) is 9.47 Å². The van der Waals surface area contributed by atoms with Crippen LogP contribution < -0.4 is 41.5 Å². The number of rotatable bonds is 8. The quantitative estimate of drug-likeness (QED) is 0.142. The predicted octanol–water partition coefficient (Wildman–Crippen LogP) is 11.0. The van der Waals surface area contributed by atoms with Crippen LogP contribution in [0.4, 0.5) is 5.69 Å². The zero-order valence-corrected chi connectivity index (χ0v) is 39.7. The smallest absolute Gasteiger partial charge is 0.150 e. The number of fused-ring (bicyclic) bond motifs is 2. The number of hydrogen-bond donors (Lipinski definition) is 0. The van der Waals surface area contributed by atoms with Crippen LogP contribution in [0.3, 0.4) is 0 Å². The van der Waals surface area contributed by atoms with Gasteiger partial charge in [0.1, 0.15) is 12.7 Å². The second kappa shape index (κ2) is 20.7. The third kappa shape index (κ3) is 9.42. The topological polar surface area (TPSA) is 24.9 Å².